The molecular weight excluding hydrogens is 255 g/mol. The predicted octanol–water partition coefficient (Wildman–Crippen LogP) is 1.93. The van der Waals surface area contributed by atoms with Gasteiger partial charge in [-0.1, -0.05) is 21.1 Å². The minimum Gasteiger partial charge on any atom is -0.296 e. The summed E-state index contributed by atoms with van der Waals surface area (Å²) in [6, 6.07) is 4.42. The number of benzene rings is 1. The smallest absolute Gasteiger partial charge is 0.296 e. The molecule has 14 heavy (non-hydrogen) atoms. The molecule has 0 atom stereocenters. The number of halogens is 2. The Kier molecular flexibility index (Phi) is 2.20. The lowest BCUT2D eigenvalue weighted by Crippen LogP contribution is -1.95. The Labute approximate surface area is 85.9 Å². The molecule has 6 heteroatoms. The summed E-state index contributed by atoms with van der Waals surface area (Å²) in [4.78, 5) is 12.9. The fourth-order valence-electron chi connectivity index (χ4n) is 1.03. The first-order chi connectivity index (χ1) is 6.66. The molecule has 0 saturated carbocycles. The van der Waals surface area contributed by atoms with E-state index in [2.05, 4.69) is 30.6 Å². The van der Waals surface area contributed by atoms with Crippen LogP contribution in [0.2, 0.25) is 0 Å². The molecule has 2 rings (SSSR count). The van der Waals surface area contributed by atoms with Gasteiger partial charge in [0, 0.05) is 4.47 Å². The molecule has 0 aliphatic rings. The molecule has 0 aliphatic carbocycles. The first-order valence-electron chi connectivity index (χ1n) is 3.68. The van der Waals surface area contributed by atoms with Gasteiger partial charge in [0.2, 0.25) is 0 Å². The number of nitrogens with zero attached hydrogens (tertiary/aromatic N) is 1. The Morgan fingerprint density at radius 3 is 2.86 bits per heavy atom. The summed E-state index contributed by atoms with van der Waals surface area (Å²) in [5.74, 6) is -1.11. The molecule has 4 nitrogen and oxygen atoms in total. The summed E-state index contributed by atoms with van der Waals surface area (Å²) in [5, 5.41) is 3.38. The molecule has 0 unspecified atom stereocenters. The van der Waals surface area contributed by atoms with Gasteiger partial charge in [0.15, 0.2) is 5.82 Å². The van der Waals surface area contributed by atoms with Crippen molar-refractivity contribution >= 4 is 15.9 Å². The van der Waals surface area contributed by atoms with Crippen LogP contribution in [0.25, 0.3) is 11.4 Å². The third-order valence-corrected chi connectivity index (χ3v) is 2.12. The molecule has 0 fully saturated rings. The van der Waals surface area contributed by atoms with Gasteiger partial charge in [0.25, 0.3) is 0 Å². The normalized spacial score (nSPS) is 10.4. The van der Waals surface area contributed by atoms with Crippen molar-refractivity contribution in [2.45, 2.75) is 0 Å². The van der Waals surface area contributed by atoms with Gasteiger partial charge >= 0.3 is 5.76 Å². The van der Waals surface area contributed by atoms with E-state index in [-0.39, 0.29) is 11.4 Å². The van der Waals surface area contributed by atoms with E-state index in [0.717, 1.165) is 0 Å². The monoisotopic (exact) mass is 258 g/mol. The fraction of sp³-hybridized carbons (Fsp3) is 0. The molecule has 0 saturated heterocycles. The van der Waals surface area contributed by atoms with Crippen LogP contribution in [0, 0.1) is 5.82 Å². The zero-order valence-corrected chi connectivity index (χ0v) is 8.34. The second-order valence-corrected chi connectivity index (χ2v) is 3.48. The molecule has 0 amide bonds. The lowest BCUT2D eigenvalue weighted by atomic mass is 10.2. The van der Waals surface area contributed by atoms with Crippen LogP contribution in [0.1, 0.15) is 0 Å². The van der Waals surface area contributed by atoms with E-state index in [1.54, 1.807) is 6.07 Å². The maximum Gasteiger partial charge on any atom is 0.439 e. The Balaban J connectivity index is 2.57. The van der Waals surface area contributed by atoms with Gasteiger partial charge in [-0.15, -0.1) is 0 Å². The maximum absolute atomic E-state index is 13.3. The van der Waals surface area contributed by atoms with E-state index >= 15 is 0 Å². The lowest BCUT2D eigenvalue weighted by Gasteiger charge is -1.97. The Morgan fingerprint density at radius 2 is 2.29 bits per heavy atom. The predicted molar refractivity (Wildman–Crippen MR) is 50.2 cm³/mol. The van der Waals surface area contributed by atoms with Crippen molar-refractivity contribution in [3.63, 3.8) is 0 Å². The number of aromatic nitrogens is 2. The van der Waals surface area contributed by atoms with E-state index in [4.69, 9.17) is 0 Å². The average Bonchev–Trinajstić information content (AvgIpc) is 2.51. The van der Waals surface area contributed by atoms with Crippen LogP contribution in [0.3, 0.4) is 0 Å². The van der Waals surface area contributed by atoms with Crippen molar-refractivity contribution in [1.82, 2.24) is 10.1 Å². The molecular formula is C8H4BrFN2O2. The van der Waals surface area contributed by atoms with Crippen molar-refractivity contribution in [3.8, 4) is 11.4 Å². The van der Waals surface area contributed by atoms with Gasteiger partial charge in [0.05, 0.1) is 5.56 Å². The minimum atomic E-state index is -0.706. The maximum atomic E-state index is 13.3. The number of H-pyrrole nitrogens is 1. The lowest BCUT2D eigenvalue weighted by molar-refractivity contribution is 0.387. The van der Waals surface area contributed by atoms with E-state index in [1.807, 2.05) is 0 Å². The molecule has 0 radical (unpaired) electrons. The second kappa shape index (κ2) is 3.38. The number of hydrogen-bond donors (Lipinski definition) is 1. The third-order valence-electron chi connectivity index (χ3n) is 1.63. The molecule has 1 aromatic heterocycles. The summed E-state index contributed by atoms with van der Waals surface area (Å²) < 4.78 is 18.2. The summed E-state index contributed by atoms with van der Waals surface area (Å²) in [6.45, 7) is 0. The first-order valence-corrected chi connectivity index (χ1v) is 4.47. The van der Waals surface area contributed by atoms with Crippen molar-refractivity contribution in [2.75, 3.05) is 0 Å². The highest BCUT2D eigenvalue weighted by Crippen LogP contribution is 2.21. The molecule has 72 valence electrons. The highest BCUT2D eigenvalue weighted by Gasteiger charge is 2.09. The number of aromatic amines is 1. The quantitative estimate of drug-likeness (QED) is 0.851. The van der Waals surface area contributed by atoms with Crippen LogP contribution in [0.4, 0.5) is 4.39 Å². The van der Waals surface area contributed by atoms with Crippen LogP contribution in [0.5, 0.6) is 0 Å². The SMILES string of the molecule is O=c1[nH]c(-c2ccc(Br)cc2F)no1. The van der Waals surface area contributed by atoms with Crippen LogP contribution in [-0.2, 0) is 0 Å². The van der Waals surface area contributed by atoms with E-state index in [9.17, 15) is 9.18 Å². The molecule has 1 aromatic carbocycles. The Hall–Kier alpha value is -1.43. The standard InChI is InChI=1S/C8H4BrFN2O2/c9-4-1-2-5(6(10)3-4)7-11-8(13)14-12-7/h1-3H,(H,11,12,13). The minimum absolute atomic E-state index is 0.0833. The summed E-state index contributed by atoms with van der Waals surface area (Å²) in [5.41, 5.74) is 0.194. The molecule has 0 bridgehead atoms. The Morgan fingerprint density at radius 1 is 1.50 bits per heavy atom. The van der Waals surface area contributed by atoms with Crippen molar-refractivity contribution in [2.24, 2.45) is 0 Å². The highest BCUT2D eigenvalue weighted by atomic mass is 79.9. The second-order valence-electron chi connectivity index (χ2n) is 2.57. The van der Waals surface area contributed by atoms with Crippen molar-refractivity contribution in [1.29, 1.82) is 0 Å². The average molecular weight is 259 g/mol. The van der Waals surface area contributed by atoms with Gasteiger partial charge in [-0.05, 0) is 18.2 Å². The first kappa shape index (κ1) is 9.14. The van der Waals surface area contributed by atoms with Gasteiger partial charge in [-0.25, -0.2) is 9.18 Å². The molecule has 1 N–H and O–H groups in total. The van der Waals surface area contributed by atoms with Gasteiger partial charge in [0.1, 0.15) is 5.82 Å². The van der Waals surface area contributed by atoms with E-state index in [0.29, 0.717) is 4.47 Å². The highest BCUT2D eigenvalue weighted by molar-refractivity contribution is 9.10. The number of rotatable bonds is 1. The van der Waals surface area contributed by atoms with Gasteiger partial charge in [-0.3, -0.25) is 9.51 Å². The fourth-order valence-corrected chi connectivity index (χ4v) is 1.36. The van der Waals surface area contributed by atoms with Gasteiger partial charge in [-0.2, -0.15) is 0 Å². The zero-order valence-electron chi connectivity index (χ0n) is 6.75. The van der Waals surface area contributed by atoms with Crippen LogP contribution in [-0.4, -0.2) is 10.1 Å². The summed E-state index contributed by atoms with van der Waals surface area (Å²) >= 11 is 3.12. The summed E-state index contributed by atoms with van der Waals surface area (Å²) in [7, 11) is 0. The van der Waals surface area contributed by atoms with Crippen LogP contribution in [0.15, 0.2) is 32.0 Å². The molecule has 0 aliphatic heterocycles. The molecule has 0 spiro atoms. The zero-order chi connectivity index (χ0) is 10.1. The largest absolute Gasteiger partial charge is 0.439 e. The number of hydrogen-bond acceptors (Lipinski definition) is 3. The third kappa shape index (κ3) is 1.60. The van der Waals surface area contributed by atoms with Crippen molar-refractivity contribution < 1.29 is 8.91 Å². The van der Waals surface area contributed by atoms with Crippen molar-refractivity contribution in [3.05, 3.63) is 39.0 Å². The Bertz CT molecular complexity index is 520. The number of nitrogens with one attached hydrogen (secondary N) is 1. The topological polar surface area (TPSA) is 58.9 Å². The van der Waals surface area contributed by atoms with Crippen LogP contribution < -0.4 is 5.76 Å². The van der Waals surface area contributed by atoms with E-state index < -0.39 is 11.6 Å². The van der Waals surface area contributed by atoms with Crippen LogP contribution >= 0.6 is 15.9 Å². The van der Waals surface area contributed by atoms with E-state index in [1.165, 1.54) is 12.1 Å². The molecule has 1 heterocycles. The molecule has 2 aromatic rings. The summed E-state index contributed by atoms with van der Waals surface area (Å²) in [6.07, 6.45) is 0. The van der Waals surface area contributed by atoms with Gasteiger partial charge < -0.3 is 0 Å².